The first-order valence-electron chi connectivity index (χ1n) is 5.37. The molecule has 1 aromatic carbocycles. The summed E-state index contributed by atoms with van der Waals surface area (Å²) < 4.78 is 4.88. The van der Waals surface area contributed by atoms with Crippen LogP contribution in [0.2, 0.25) is 0 Å². The summed E-state index contributed by atoms with van der Waals surface area (Å²) in [5.74, 6) is -0.165. The fourth-order valence-electron chi connectivity index (χ4n) is 1.58. The molecule has 1 aromatic heterocycles. The van der Waals surface area contributed by atoms with Crippen LogP contribution in [-0.2, 0) is 6.54 Å². The molecule has 1 heterocycles. The van der Waals surface area contributed by atoms with Crippen LogP contribution in [0.15, 0.2) is 47.3 Å². The lowest BCUT2D eigenvalue weighted by atomic mass is 10.1. The highest BCUT2D eigenvalue weighted by Gasteiger charge is 2.09. The predicted octanol–water partition coefficient (Wildman–Crippen LogP) is 2.25. The van der Waals surface area contributed by atoms with Gasteiger partial charge in [-0.25, -0.2) is 0 Å². The maximum Gasteiger partial charge on any atom is 0.258 e. The number of para-hydroxylation sites is 1. The van der Waals surface area contributed by atoms with Gasteiger partial charge >= 0.3 is 0 Å². The Kier molecular flexibility index (Phi) is 3.57. The molecule has 0 fully saturated rings. The number of nitrogens with one attached hydrogen (secondary N) is 2. The molecule has 0 aliphatic rings. The Morgan fingerprint density at radius 3 is 2.82 bits per heavy atom. The summed E-state index contributed by atoms with van der Waals surface area (Å²) in [5, 5.41) is 5.92. The van der Waals surface area contributed by atoms with E-state index in [1.807, 2.05) is 31.3 Å². The van der Waals surface area contributed by atoms with Gasteiger partial charge in [0.2, 0.25) is 0 Å². The Balaban J connectivity index is 2.15. The SMILES string of the molecule is CNCc1ccccc1NC(=O)c1ccoc1. The van der Waals surface area contributed by atoms with Gasteiger partial charge in [0.15, 0.2) is 0 Å². The summed E-state index contributed by atoms with van der Waals surface area (Å²) in [5.41, 5.74) is 2.38. The fraction of sp³-hybridized carbons (Fsp3) is 0.154. The van der Waals surface area contributed by atoms with E-state index in [4.69, 9.17) is 4.42 Å². The maximum atomic E-state index is 11.8. The summed E-state index contributed by atoms with van der Waals surface area (Å²) in [6.45, 7) is 0.710. The highest BCUT2D eigenvalue weighted by molar-refractivity contribution is 6.04. The largest absolute Gasteiger partial charge is 0.472 e. The molecular formula is C13H14N2O2. The van der Waals surface area contributed by atoms with Gasteiger partial charge in [0.1, 0.15) is 6.26 Å². The molecule has 4 heteroatoms. The summed E-state index contributed by atoms with van der Waals surface area (Å²) in [4.78, 5) is 11.8. The van der Waals surface area contributed by atoms with E-state index in [9.17, 15) is 4.79 Å². The van der Waals surface area contributed by atoms with Crippen LogP contribution < -0.4 is 10.6 Å². The molecule has 88 valence electrons. The molecule has 0 saturated heterocycles. The van der Waals surface area contributed by atoms with Crippen molar-refractivity contribution in [2.45, 2.75) is 6.54 Å². The average molecular weight is 230 g/mol. The van der Waals surface area contributed by atoms with Crippen LogP contribution >= 0.6 is 0 Å². The van der Waals surface area contributed by atoms with Crippen molar-refractivity contribution in [3.63, 3.8) is 0 Å². The number of carbonyl (C=O) groups is 1. The molecule has 1 amide bonds. The molecule has 2 rings (SSSR count). The van der Waals surface area contributed by atoms with E-state index in [2.05, 4.69) is 10.6 Å². The predicted molar refractivity (Wildman–Crippen MR) is 65.9 cm³/mol. The van der Waals surface area contributed by atoms with Gasteiger partial charge in [-0.05, 0) is 24.7 Å². The van der Waals surface area contributed by atoms with Crippen molar-refractivity contribution in [1.82, 2.24) is 5.32 Å². The molecule has 0 atom stereocenters. The van der Waals surface area contributed by atoms with Gasteiger partial charge in [-0.15, -0.1) is 0 Å². The van der Waals surface area contributed by atoms with Gasteiger partial charge in [0.05, 0.1) is 11.8 Å². The van der Waals surface area contributed by atoms with E-state index in [0.717, 1.165) is 11.3 Å². The number of hydrogen-bond acceptors (Lipinski definition) is 3. The molecule has 0 aliphatic carbocycles. The first-order chi connectivity index (χ1) is 8.31. The molecule has 0 bridgehead atoms. The molecule has 0 radical (unpaired) electrons. The number of rotatable bonds is 4. The Labute approximate surface area is 99.6 Å². The van der Waals surface area contributed by atoms with E-state index >= 15 is 0 Å². The van der Waals surface area contributed by atoms with E-state index in [1.54, 1.807) is 6.07 Å². The quantitative estimate of drug-likeness (QED) is 0.847. The lowest BCUT2D eigenvalue weighted by Crippen LogP contribution is -2.14. The zero-order valence-electron chi connectivity index (χ0n) is 9.57. The van der Waals surface area contributed by atoms with Crippen molar-refractivity contribution in [2.24, 2.45) is 0 Å². The molecule has 0 unspecified atom stereocenters. The third-order valence-corrected chi connectivity index (χ3v) is 2.42. The number of amides is 1. The van der Waals surface area contributed by atoms with Crippen molar-refractivity contribution < 1.29 is 9.21 Å². The molecule has 4 nitrogen and oxygen atoms in total. The van der Waals surface area contributed by atoms with E-state index in [0.29, 0.717) is 12.1 Å². The Morgan fingerprint density at radius 1 is 1.29 bits per heavy atom. The third kappa shape index (κ3) is 2.73. The number of benzene rings is 1. The first-order valence-corrected chi connectivity index (χ1v) is 5.37. The number of carbonyl (C=O) groups excluding carboxylic acids is 1. The third-order valence-electron chi connectivity index (χ3n) is 2.42. The van der Waals surface area contributed by atoms with E-state index in [1.165, 1.54) is 12.5 Å². The molecular weight excluding hydrogens is 216 g/mol. The van der Waals surface area contributed by atoms with Crippen molar-refractivity contribution >= 4 is 11.6 Å². The topological polar surface area (TPSA) is 54.3 Å². The van der Waals surface area contributed by atoms with Gasteiger partial charge in [-0.2, -0.15) is 0 Å². The Morgan fingerprint density at radius 2 is 2.12 bits per heavy atom. The highest BCUT2D eigenvalue weighted by atomic mass is 16.3. The smallest absolute Gasteiger partial charge is 0.258 e. The second kappa shape index (κ2) is 5.32. The van der Waals surface area contributed by atoms with Crippen molar-refractivity contribution in [3.8, 4) is 0 Å². The lowest BCUT2D eigenvalue weighted by molar-refractivity contribution is 0.102. The normalized spacial score (nSPS) is 10.2. The van der Waals surface area contributed by atoms with Gasteiger partial charge < -0.3 is 15.1 Å². The molecule has 0 spiro atoms. The average Bonchev–Trinajstić information content (AvgIpc) is 2.85. The Hall–Kier alpha value is -2.07. The van der Waals surface area contributed by atoms with Crippen LogP contribution in [0.1, 0.15) is 15.9 Å². The zero-order chi connectivity index (χ0) is 12.1. The van der Waals surface area contributed by atoms with Gasteiger partial charge in [-0.3, -0.25) is 4.79 Å². The minimum absolute atomic E-state index is 0.165. The summed E-state index contributed by atoms with van der Waals surface area (Å²) in [7, 11) is 1.87. The number of hydrogen-bond donors (Lipinski definition) is 2. The van der Waals surface area contributed by atoms with Gasteiger partial charge in [0, 0.05) is 12.2 Å². The number of furan rings is 1. The van der Waals surface area contributed by atoms with Crippen LogP contribution in [0.5, 0.6) is 0 Å². The van der Waals surface area contributed by atoms with E-state index in [-0.39, 0.29) is 5.91 Å². The second-order valence-electron chi connectivity index (χ2n) is 3.65. The molecule has 2 N–H and O–H groups in total. The zero-order valence-corrected chi connectivity index (χ0v) is 9.57. The van der Waals surface area contributed by atoms with Crippen molar-refractivity contribution in [3.05, 3.63) is 54.0 Å². The van der Waals surface area contributed by atoms with Crippen LogP contribution in [-0.4, -0.2) is 13.0 Å². The van der Waals surface area contributed by atoms with Crippen molar-refractivity contribution in [2.75, 3.05) is 12.4 Å². The minimum atomic E-state index is -0.165. The highest BCUT2D eigenvalue weighted by Crippen LogP contribution is 2.16. The van der Waals surface area contributed by atoms with Gasteiger partial charge in [-0.1, -0.05) is 18.2 Å². The van der Waals surface area contributed by atoms with Crippen LogP contribution in [0, 0.1) is 0 Å². The summed E-state index contributed by atoms with van der Waals surface area (Å²) in [6.07, 6.45) is 2.91. The van der Waals surface area contributed by atoms with Crippen molar-refractivity contribution in [1.29, 1.82) is 0 Å². The van der Waals surface area contributed by atoms with E-state index < -0.39 is 0 Å². The molecule has 0 aliphatic heterocycles. The Bertz CT molecular complexity index is 492. The minimum Gasteiger partial charge on any atom is -0.472 e. The van der Waals surface area contributed by atoms with Crippen LogP contribution in [0.25, 0.3) is 0 Å². The molecule has 0 saturated carbocycles. The maximum absolute atomic E-state index is 11.8. The van der Waals surface area contributed by atoms with Gasteiger partial charge in [0.25, 0.3) is 5.91 Å². The molecule has 2 aromatic rings. The lowest BCUT2D eigenvalue weighted by Gasteiger charge is -2.09. The summed E-state index contributed by atoms with van der Waals surface area (Å²) in [6, 6.07) is 9.33. The monoisotopic (exact) mass is 230 g/mol. The standard InChI is InChI=1S/C13H14N2O2/c1-14-8-10-4-2-3-5-12(10)15-13(16)11-6-7-17-9-11/h2-7,9,14H,8H2,1H3,(H,15,16). The summed E-state index contributed by atoms with van der Waals surface area (Å²) >= 11 is 0. The first kappa shape index (κ1) is 11.4. The fourth-order valence-corrected chi connectivity index (χ4v) is 1.58. The van der Waals surface area contributed by atoms with Crippen LogP contribution in [0.3, 0.4) is 0 Å². The number of anilines is 1. The molecule has 17 heavy (non-hydrogen) atoms. The second-order valence-corrected chi connectivity index (χ2v) is 3.65. The van der Waals surface area contributed by atoms with Crippen LogP contribution in [0.4, 0.5) is 5.69 Å².